The molecular formula is C25H27F4O5P. The van der Waals surface area contributed by atoms with Gasteiger partial charge in [0.05, 0.1) is 13.2 Å². The van der Waals surface area contributed by atoms with Crippen LogP contribution in [0.1, 0.15) is 36.5 Å². The second-order valence-corrected chi connectivity index (χ2v) is 9.54. The SMILES string of the molecule is CC(F)(P)c1cc(OCC2=C(Cc3ccc(OC(F)(F)F)cc3)CCOC2)ccc1CCC(=O)O. The minimum absolute atomic E-state index is 0.106. The lowest BCUT2D eigenvalue weighted by atomic mass is 9.96. The second-order valence-electron chi connectivity index (χ2n) is 8.46. The first-order chi connectivity index (χ1) is 16.4. The lowest BCUT2D eigenvalue weighted by Crippen LogP contribution is -2.18. The van der Waals surface area contributed by atoms with Gasteiger partial charge in [0.25, 0.3) is 0 Å². The van der Waals surface area contributed by atoms with E-state index in [1.54, 1.807) is 30.3 Å². The number of benzene rings is 2. The zero-order valence-corrected chi connectivity index (χ0v) is 20.3. The van der Waals surface area contributed by atoms with Crippen LogP contribution in [-0.4, -0.2) is 37.3 Å². The second kappa shape index (κ2) is 11.4. The Kier molecular flexibility index (Phi) is 8.78. The molecule has 2 atom stereocenters. The van der Waals surface area contributed by atoms with Crippen molar-refractivity contribution in [1.29, 1.82) is 0 Å². The Bertz CT molecular complexity index is 1060. The molecule has 0 aliphatic carbocycles. The van der Waals surface area contributed by atoms with Crippen molar-refractivity contribution in [3.05, 3.63) is 70.3 Å². The van der Waals surface area contributed by atoms with Crippen LogP contribution < -0.4 is 9.47 Å². The number of rotatable bonds is 10. The minimum atomic E-state index is -4.74. The maximum Gasteiger partial charge on any atom is 0.573 e. The maximum absolute atomic E-state index is 14.8. The van der Waals surface area contributed by atoms with Crippen molar-refractivity contribution in [3.63, 3.8) is 0 Å². The first kappa shape index (κ1) is 27.0. The van der Waals surface area contributed by atoms with Crippen LogP contribution in [0, 0.1) is 0 Å². The molecule has 10 heteroatoms. The molecule has 5 nitrogen and oxygen atoms in total. The standard InChI is InChI=1S/C25H27F4O5P/c1-24(26,35)22-13-21(8-4-17(22)5-9-23(30)31)33-15-19-14-32-11-10-18(19)12-16-2-6-20(7-3-16)34-25(27,28)29/h2-4,6-8,13H,5,9-12,14-15,35H2,1H3,(H,30,31). The lowest BCUT2D eigenvalue weighted by molar-refractivity contribution is -0.274. The fraction of sp³-hybridized carbons (Fsp3) is 0.400. The van der Waals surface area contributed by atoms with Gasteiger partial charge < -0.3 is 19.3 Å². The first-order valence-electron chi connectivity index (χ1n) is 11.0. The van der Waals surface area contributed by atoms with Gasteiger partial charge in [-0.05, 0) is 72.7 Å². The Morgan fingerprint density at radius 3 is 2.40 bits per heavy atom. The summed E-state index contributed by atoms with van der Waals surface area (Å²) in [6.45, 7) is 2.47. The molecule has 3 rings (SSSR count). The first-order valence-corrected chi connectivity index (χ1v) is 11.6. The quantitative estimate of drug-likeness (QED) is 0.241. The maximum atomic E-state index is 14.8. The molecule has 1 heterocycles. The van der Waals surface area contributed by atoms with Gasteiger partial charge in [0, 0.05) is 6.42 Å². The molecule has 0 aromatic heterocycles. The molecule has 0 fully saturated rings. The van der Waals surface area contributed by atoms with E-state index >= 15 is 0 Å². The topological polar surface area (TPSA) is 65.0 Å². The number of carboxylic acids is 1. The Hall–Kier alpha value is -2.64. The van der Waals surface area contributed by atoms with E-state index in [1.165, 1.54) is 19.1 Å². The molecule has 35 heavy (non-hydrogen) atoms. The molecule has 190 valence electrons. The lowest BCUT2D eigenvalue weighted by Gasteiger charge is -2.23. The number of carboxylic acid groups (broad SMARTS) is 1. The Balaban J connectivity index is 1.72. The van der Waals surface area contributed by atoms with Crippen LogP contribution in [0.3, 0.4) is 0 Å². The molecule has 0 radical (unpaired) electrons. The highest BCUT2D eigenvalue weighted by Crippen LogP contribution is 2.37. The van der Waals surface area contributed by atoms with Crippen LogP contribution >= 0.6 is 9.24 Å². The molecule has 2 aromatic rings. The monoisotopic (exact) mass is 514 g/mol. The summed E-state index contributed by atoms with van der Waals surface area (Å²) in [6.07, 6.45) is -3.45. The molecule has 1 N–H and O–H groups in total. The molecule has 2 aromatic carbocycles. The summed E-state index contributed by atoms with van der Waals surface area (Å²) < 4.78 is 67.3. The third kappa shape index (κ3) is 8.51. The molecule has 2 unspecified atom stereocenters. The minimum Gasteiger partial charge on any atom is -0.489 e. The molecule has 0 spiro atoms. The van der Waals surface area contributed by atoms with Gasteiger partial charge in [0.2, 0.25) is 0 Å². The van der Waals surface area contributed by atoms with E-state index in [-0.39, 0.29) is 25.2 Å². The molecule has 1 aliphatic heterocycles. The average Bonchev–Trinajstić information content (AvgIpc) is 2.77. The van der Waals surface area contributed by atoms with Gasteiger partial charge in [-0.1, -0.05) is 33.0 Å². The average molecular weight is 514 g/mol. The molecule has 0 amide bonds. The van der Waals surface area contributed by atoms with Crippen molar-refractivity contribution in [2.75, 3.05) is 19.8 Å². The molecule has 1 aliphatic rings. The highest BCUT2D eigenvalue weighted by atomic mass is 31.0. The third-order valence-corrected chi connectivity index (χ3v) is 5.84. The number of alkyl halides is 4. The Morgan fingerprint density at radius 2 is 1.77 bits per heavy atom. The van der Waals surface area contributed by atoms with E-state index in [0.717, 1.165) is 16.7 Å². The largest absolute Gasteiger partial charge is 0.573 e. The predicted octanol–water partition coefficient (Wildman–Crippen LogP) is 5.96. The smallest absolute Gasteiger partial charge is 0.489 e. The third-order valence-electron chi connectivity index (χ3n) is 5.53. The summed E-state index contributed by atoms with van der Waals surface area (Å²) in [7, 11) is 2.12. The van der Waals surface area contributed by atoms with Crippen LogP contribution in [0.4, 0.5) is 17.6 Å². The van der Waals surface area contributed by atoms with Gasteiger partial charge in [0.1, 0.15) is 23.5 Å². The van der Waals surface area contributed by atoms with Crippen LogP contribution in [0.25, 0.3) is 0 Å². The molecular weight excluding hydrogens is 487 g/mol. The van der Waals surface area contributed by atoms with Crippen molar-refractivity contribution < 1.29 is 41.7 Å². The van der Waals surface area contributed by atoms with Crippen molar-refractivity contribution in [3.8, 4) is 11.5 Å². The van der Waals surface area contributed by atoms with Crippen molar-refractivity contribution in [2.45, 2.75) is 44.4 Å². The number of hydrogen-bond donors (Lipinski definition) is 1. The zero-order chi connectivity index (χ0) is 25.6. The van der Waals surface area contributed by atoms with E-state index in [2.05, 4.69) is 14.0 Å². The van der Waals surface area contributed by atoms with Gasteiger partial charge >= 0.3 is 12.3 Å². The number of carbonyl (C=O) groups is 1. The summed E-state index contributed by atoms with van der Waals surface area (Å²) in [5.74, 6) is -0.793. The van der Waals surface area contributed by atoms with E-state index in [1.807, 2.05) is 0 Å². The highest BCUT2D eigenvalue weighted by molar-refractivity contribution is 7.18. The normalized spacial score (nSPS) is 16.1. The molecule has 0 bridgehead atoms. The molecule has 0 saturated carbocycles. The Labute approximate surface area is 203 Å². The van der Waals surface area contributed by atoms with Crippen molar-refractivity contribution >= 4 is 15.2 Å². The highest BCUT2D eigenvalue weighted by Gasteiger charge is 2.31. The number of hydrogen-bond acceptors (Lipinski definition) is 4. The van der Waals surface area contributed by atoms with Crippen LogP contribution in [0.15, 0.2) is 53.6 Å². The zero-order valence-electron chi connectivity index (χ0n) is 19.2. The number of halogens is 4. The summed E-state index contributed by atoms with van der Waals surface area (Å²) in [5.41, 5.74) is 3.75. The summed E-state index contributed by atoms with van der Waals surface area (Å²) in [6, 6.07) is 10.7. The van der Waals surface area contributed by atoms with Gasteiger partial charge in [-0.25, -0.2) is 4.39 Å². The number of ether oxygens (including phenoxy) is 3. The van der Waals surface area contributed by atoms with Gasteiger partial charge in [0.15, 0.2) is 0 Å². The number of aliphatic carboxylic acids is 1. The fourth-order valence-corrected chi connectivity index (χ4v) is 4.08. The van der Waals surface area contributed by atoms with Crippen LogP contribution in [0.5, 0.6) is 11.5 Å². The van der Waals surface area contributed by atoms with Gasteiger partial charge in [-0.2, -0.15) is 0 Å². The van der Waals surface area contributed by atoms with E-state index in [9.17, 15) is 22.4 Å². The Morgan fingerprint density at radius 1 is 1.09 bits per heavy atom. The van der Waals surface area contributed by atoms with Crippen molar-refractivity contribution in [2.24, 2.45) is 0 Å². The predicted molar refractivity (Wildman–Crippen MR) is 125 cm³/mol. The van der Waals surface area contributed by atoms with E-state index in [0.29, 0.717) is 42.9 Å². The molecule has 0 saturated heterocycles. The van der Waals surface area contributed by atoms with Crippen molar-refractivity contribution in [1.82, 2.24) is 0 Å². The van der Waals surface area contributed by atoms with Gasteiger partial charge in [-0.15, -0.1) is 13.2 Å². The number of aryl methyl sites for hydroxylation is 1. The summed E-state index contributed by atoms with van der Waals surface area (Å²) in [4.78, 5) is 10.9. The summed E-state index contributed by atoms with van der Waals surface area (Å²) >= 11 is 0. The fourth-order valence-electron chi connectivity index (χ4n) is 3.81. The van der Waals surface area contributed by atoms with Gasteiger partial charge in [-0.3, -0.25) is 4.79 Å². The van der Waals surface area contributed by atoms with Crippen LogP contribution in [-0.2, 0) is 27.8 Å². The van der Waals surface area contributed by atoms with E-state index < -0.39 is 17.7 Å². The van der Waals surface area contributed by atoms with Crippen LogP contribution in [0.2, 0.25) is 0 Å². The summed E-state index contributed by atoms with van der Waals surface area (Å²) in [5, 5.41) is 7.19. The van der Waals surface area contributed by atoms with E-state index in [4.69, 9.17) is 14.6 Å².